The molecule has 6 heteroatoms. The first-order valence-corrected chi connectivity index (χ1v) is 5.88. The lowest BCUT2D eigenvalue weighted by Gasteiger charge is -1.99. The molecule has 0 atom stereocenters. The predicted octanol–water partition coefficient (Wildman–Crippen LogP) is 3.42. The van der Waals surface area contributed by atoms with Gasteiger partial charge in [0.05, 0.1) is 5.56 Å². The summed E-state index contributed by atoms with van der Waals surface area (Å²) in [6.07, 6.45) is 0.473. The number of aromatic nitrogens is 2. The summed E-state index contributed by atoms with van der Waals surface area (Å²) in [6.45, 7) is 0. The second-order valence-corrected chi connectivity index (χ2v) is 4.27. The smallest absolute Gasteiger partial charge is 0.251 e. The van der Waals surface area contributed by atoms with Crippen LogP contribution < -0.4 is 0 Å². The van der Waals surface area contributed by atoms with Crippen LogP contribution in [0, 0.1) is 5.82 Å². The van der Waals surface area contributed by atoms with Crippen LogP contribution in [-0.4, -0.2) is 16.1 Å². The van der Waals surface area contributed by atoms with Gasteiger partial charge < -0.3 is 4.42 Å². The Morgan fingerprint density at radius 1 is 1.38 bits per heavy atom. The summed E-state index contributed by atoms with van der Waals surface area (Å²) in [4.78, 5) is 0. The maximum atomic E-state index is 13.5. The van der Waals surface area contributed by atoms with Crippen LogP contribution in [0.5, 0.6) is 0 Å². The van der Waals surface area contributed by atoms with Gasteiger partial charge in [0.25, 0.3) is 5.89 Å². The summed E-state index contributed by atoms with van der Waals surface area (Å²) < 4.78 is 19.4. The largest absolute Gasteiger partial charge is 0.421 e. The predicted molar refractivity (Wildman–Crippen MR) is 61.8 cm³/mol. The topological polar surface area (TPSA) is 38.9 Å². The number of alkyl halides is 1. The van der Waals surface area contributed by atoms with Crippen molar-refractivity contribution >= 4 is 27.5 Å². The molecular formula is C10H7BrClFN2O. The number of hydrogen-bond acceptors (Lipinski definition) is 3. The van der Waals surface area contributed by atoms with Crippen molar-refractivity contribution in [1.29, 1.82) is 0 Å². The SMILES string of the molecule is Fc1cccc(Br)c1-c1nnc(CCCl)o1. The first kappa shape index (κ1) is 11.5. The number of benzene rings is 1. The number of rotatable bonds is 3. The number of aryl methyl sites for hydroxylation is 1. The zero-order chi connectivity index (χ0) is 11.5. The Kier molecular flexibility index (Phi) is 3.56. The van der Waals surface area contributed by atoms with Gasteiger partial charge in [-0.2, -0.15) is 0 Å². The Morgan fingerprint density at radius 3 is 2.88 bits per heavy atom. The van der Waals surface area contributed by atoms with Gasteiger partial charge in [0, 0.05) is 16.8 Å². The summed E-state index contributed by atoms with van der Waals surface area (Å²) in [5.74, 6) is 0.542. The van der Waals surface area contributed by atoms with Crippen molar-refractivity contribution in [2.24, 2.45) is 0 Å². The van der Waals surface area contributed by atoms with E-state index in [0.717, 1.165) is 0 Å². The van der Waals surface area contributed by atoms with E-state index in [2.05, 4.69) is 26.1 Å². The summed E-state index contributed by atoms with van der Waals surface area (Å²) >= 11 is 8.78. The maximum absolute atomic E-state index is 13.5. The van der Waals surface area contributed by atoms with Crippen LogP contribution in [-0.2, 0) is 6.42 Å². The fourth-order valence-corrected chi connectivity index (χ4v) is 1.91. The van der Waals surface area contributed by atoms with Gasteiger partial charge in [-0.25, -0.2) is 4.39 Å². The minimum Gasteiger partial charge on any atom is -0.421 e. The summed E-state index contributed by atoms with van der Waals surface area (Å²) in [5.41, 5.74) is 0.274. The fourth-order valence-electron chi connectivity index (χ4n) is 1.24. The minimum atomic E-state index is -0.407. The van der Waals surface area contributed by atoms with E-state index in [0.29, 0.717) is 22.7 Å². The fraction of sp³-hybridized carbons (Fsp3) is 0.200. The summed E-state index contributed by atoms with van der Waals surface area (Å²) in [7, 11) is 0. The van der Waals surface area contributed by atoms with Gasteiger partial charge in [-0.05, 0) is 28.1 Å². The molecule has 0 saturated carbocycles. The lowest BCUT2D eigenvalue weighted by Crippen LogP contribution is -1.85. The Bertz CT molecular complexity index is 483. The average Bonchev–Trinajstić information content (AvgIpc) is 2.67. The molecule has 0 radical (unpaired) electrons. The third-order valence-electron chi connectivity index (χ3n) is 1.95. The third-order valence-corrected chi connectivity index (χ3v) is 2.80. The van der Waals surface area contributed by atoms with E-state index < -0.39 is 5.82 Å². The molecule has 1 heterocycles. The van der Waals surface area contributed by atoms with Gasteiger partial charge in [0.1, 0.15) is 5.82 Å². The first-order chi connectivity index (χ1) is 7.72. The number of hydrogen-bond donors (Lipinski definition) is 0. The molecule has 84 valence electrons. The zero-order valence-corrected chi connectivity index (χ0v) is 10.4. The van der Waals surface area contributed by atoms with Crippen LogP contribution >= 0.6 is 27.5 Å². The van der Waals surface area contributed by atoms with Gasteiger partial charge in [-0.3, -0.25) is 0 Å². The highest BCUT2D eigenvalue weighted by molar-refractivity contribution is 9.10. The van der Waals surface area contributed by atoms with E-state index in [9.17, 15) is 4.39 Å². The standard InChI is InChI=1S/C10H7BrClFN2O/c11-6-2-1-3-7(13)9(6)10-15-14-8(16-10)4-5-12/h1-3H,4-5H2. The molecule has 0 aliphatic heterocycles. The van der Waals surface area contributed by atoms with Crippen molar-refractivity contribution in [1.82, 2.24) is 10.2 Å². The third kappa shape index (κ3) is 2.25. The molecule has 2 rings (SSSR count). The Hall–Kier alpha value is -0.940. The van der Waals surface area contributed by atoms with Crippen molar-refractivity contribution in [2.75, 3.05) is 5.88 Å². The molecule has 1 aromatic heterocycles. The second-order valence-electron chi connectivity index (χ2n) is 3.04. The molecule has 0 saturated heterocycles. The van der Waals surface area contributed by atoms with E-state index >= 15 is 0 Å². The second kappa shape index (κ2) is 4.93. The zero-order valence-electron chi connectivity index (χ0n) is 8.08. The summed E-state index contributed by atoms with van der Waals surface area (Å²) in [6, 6.07) is 4.65. The molecular weight excluding hydrogens is 298 g/mol. The van der Waals surface area contributed by atoms with E-state index in [1.807, 2.05) is 0 Å². The Balaban J connectivity index is 2.42. The molecule has 0 unspecified atom stereocenters. The average molecular weight is 306 g/mol. The maximum Gasteiger partial charge on any atom is 0.251 e. The van der Waals surface area contributed by atoms with Gasteiger partial charge in [-0.1, -0.05) is 6.07 Å². The minimum absolute atomic E-state index is 0.157. The van der Waals surface area contributed by atoms with E-state index in [-0.39, 0.29) is 11.5 Å². The molecule has 0 spiro atoms. The normalized spacial score (nSPS) is 10.7. The molecule has 0 fully saturated rings. The highest BCUT2D eigenvalue weighted by Gasteiger charge is 2.15. The summed E-state index contributed by atoms with van der Waals surface area (Å²) in [5, 5.41) is 7.56. The highest BCUT2D eigenvalue weighted by Crippen LogP contribution is 2.29. The van der Waals surface area contributed by atoms with Gasteiger partial charge in [-0.15, -0.1) is 21.8 Å². The lowest BCUT2D eigenvalue weighted by atomic mass is 10.2. The first-order valence-electron chi connectivity index (χ1n) is 4.55. The van der Waals surface area contributed by atoms with Gasteiger partial charge in [0.2, 0.25) is 5.89 Å². The van der Waals surface area contributed by atoms with Crippen molar-refractivity contribution < 1.29 is 8.81 Å². The molecule has 0 aliphatic rings. The molecule has 2 aromatic rings. The van der Waals surface area contributed by atoms with Gasteiger partial charge in [0.15, 0.2) is 0 Å². The van der Waals surface area contributed by atoms with Crippen LogP contribution in [0.2, 0.25) is 0 Å². The number of halogens is 3. The van der Waals surface area contributed by atoms with E-state index in [4.69, 9.17) is 16.0 Å². The quantitative estimate of drug-likeness (QED) is 0.816. The molecule has 16 heavy (non-hydrogen) atoms. The highest BCUT2D eigenvalue weighted by atomic mass is 79.9. The van der Waals surface area contributed by atoms with Crippen molar-refractivity contribution in [3.05, 3.63) is 34.4 Å². The van der Waals surface area contributed by atoms with Crippen LogP contribution in [0.25, 0.3) is 11.5 Å². The molecule has 1 aromatic carbocycles. The monoisotopic (exact) mass is 304 g/mol. The van der Waals surface area contributed by atoms with E-state index in [1.54, 1.807) is 12.1 Å². The Morgan fingerprint density at radius 2 is 2.19 bits per heavy atom. The van der Waals surface area contributed by atoms with Crippen molar-refractivity contribution in [3.8, 4) is 11.5 Å². The van der Waals surface area contributed by atoms with E-state index in [1.165, 1.54) is 6.07 Å². The molecule has 0 bridgehead atoms. The van der Waals surface area contributed by atoms with Crippen LogP contribution in [0.4, 0.5) is 4.39 Å². The lowest BCUT2D eigenvalue weighted by molar-refractivity contribution is 0.508. The van der Waals surface area contributed by atoms with Crippen molar-refractivity contribution in [2.45, 2.75) is 6.42 Å². The molecule has 0 amide bonds. The van der Waals surface area contributed by atoms with Crippen LogP contribution in [0.1, 0.15) is 5.89 Å². The molecule has 3 nitrogen and oxygen atoms in total. The molecule has 0 N–H and O–H groups in total. The molecule has 0 aliphatic carbocycles. The van der Waals surface area contributed by atoms with Crippen LogP contribution in [0.15, 0.2) is 27.1 Å². The Labute approximate surface area is 105 Å². The van der Waals surface area contributed by atoms with Gasteiger partial charge >= 0.3 is 0 Å². The van der Waals surface area contributed by atoms with Crippen LogP contribution in [0.3, 0.4) is 0 Å². The number of nitrogens with zero attached hydrogens (tertiary/aromatic N) is 2. The van der Waals surface area contributed by atoms with Crippen molar-refractivity contribution in [3.63, 3.8) is 0 Å².